The van der Waals surface area contributed by atoms with Gasteiger partial charge in [-0.25, -0.2) is 8.78 Å². The third-order valence-electron chi connectivity index (χ3n) is 2.89. The van der Waals surface area contributed by atoms with Crippen molar-refractivity contribution in [3.8, 4) is 0 Å². The molecule has 0 fully saturated rings. The molecule has 0 aliphatic heterocycles. The van der Waals surface area contributed by atoms with Crippen LogP contribution in [0, 0.1) is 11.6 Å². The van der Waals surface area contributed by atoms with E-state index in [9.17, 15) is 8.78 Å². The largest absolute Gasteiger partial charge is 0.311 e. The van der Waals surface area contributed by atoms with Gasteiger partial charge in [0.1, 0.15) is 11.6 Å². The molecule has 1 aromatic heterocycles. The number of halogens is 3. The summed E-state index contributed by atoms with van der Waals surface area (Å²) in [5, 5.41) is 3.52. The predicted octanol–water partition coefficient (Wildman–Crippen LogP) is 3.52. The van der Waals surface area contributed by atoms with E-state index in [1.54, 1.807) is 19.2 Å². The number of hydrogen-bond acceptors (Lipinski definition) is 2. The fourth-order valence-corrected chi connectivity index (χ4v) is 2.06. The van der Waals surface area contributed by atoms with Gasteiger partial charge >= 0.3 is 0 Å². The Hall–Kier alpha value is -1.52. The summed E-state index contributed by atoms with van der Waals surface area (Å²) in [5.74, 6) is -0.709. The smallest absolute Gasteiger partial charge is 0.141 e. The molecular weight excluding hydrogens is 270 g/mol. The van der Waals surface area contributed by atoms with E-state index in [0.717, 1.165) is 6.20 Å². The topological polar surface area (TPSA) is 24.9 Å². The third kappa shape index (κ3) is 3.49. The zero-order chi connectivity index (χ0) is 13.8. The fraction of sp³-hybridized carbons (Fsp3) is 0.214. The number of likely N-dealkylation sites (N-methyl/N-ethyl adjacent to an activating group) is 1. The first-order chi connectivity index (χ1) is 9.10. The normalized spacial score (nSPS) is 12.4. The Kier molecular flexibility index (Phi) is 4.45. The van der Waals surface area contributed by atoms with Gasteiger partial charge in [0.25, 0.3) is 0 Å². The van der Waals surface area contributed by atoms with Gasteiger partial charge in [0.2, 0.25) is 0 Å². The van der Waals surface area contributed by atoms with Crippen molar-refractivity contribution in [1.29, 1.82) is 0 Å². The maximum atomic E-state index is 13.7. The zero-order valence-electron chi connectivity index (χ0n) is 10.3. The second-order valence-corrected chi connectivity index (χ2v) is 4.62. The van der Waals surface area contributed by atoms with E-state index in [-0.39, 0.29) is 11.9 Å². The monoisotopic (exact) mass is 282 g/mol. The van der Waals surface area contributed by atoms with E-state index in [0.29, 0.717) is 22.7 Å². The molecule has 1 unspecified atom stereocenters. The van der Waals surface area contributed by atoms with E-state index in [1.165, 1.54) is 18.2 Å². The SMILES string of the molecule is CNC(Cc1cc(Cl)ccc1F)c1ccc(F)cn1. The van der Waals surface area contributed by atoms with Crippen LogP contribution in [0.15, 0.2) is 36.5 Å². The minimum Gasteiger partial charge on any atom is -0.311 e. The van der Waals surface area contributed by atoms with Gasteiger partial charge in [0.15, 0.2) is 0 Å². The quantitative estimate of drug-likeness (QED) is 0.928. The van der Waals surface area contributed by atoms with Crippen molar-refractivity contribution < 1.29 is 8.78 Å². The molecule has 0 bridgehead atoms. The van der Waals surface area contributed by atoms with E-state index in [4.69, 9.17) is 11.6 Å². The second kappa shape index (κ2) is 6.08. The molecule has 2 aromatic rings. The van der Waals surface area contributed by atoms with Crippen LogP contribution in [0.5, 0.6) is 0 Å². The van der Waals surface area contributed by atoms with Gasteiger partial charge in [-0.05, 0) is 49.4 Å². The van der Waals surface area contributed by atoms with Crippen LogP contribution in [0.2, 0.25) is 5.02 Å². The van der Waals surface area contributed by atoms with Gasteiger partial charge in [-0.15, -0.1) is 0 Å². The molecule has 1 aromatic carbocycles. The molecule has 19 heavy (non-hydrogen) atoms. The Balaban J connectivity index is 2.23. The molecule has 0 aliphatic rings. The van der Waals surface area contributed by atoms with E-state index in [2.05, 4.69) is 10.3 Å². The first-order valence-corrected chi connectivity index (χ1v) is 6.20. The summed E-state index contributed by atoms with van der Waals surface area (Å²) in [5.41, 5.74) is 1.15. The van der Waals surface area contributed by atoms with Crippen molar-refractivity contribution in [2.45, 2.75) is 12.5 Å². The third-order valence-corrected chi connectivity index (χ3v) is 3.12. The minimum absolute atomic E-state index is 0.200. The van der Waals surface area contributed by atoms with Gasteiger partial charge in [0.05, 0.1) is 17.9 Å². The predicted molar refractivity (Wildman–Crippen MR) is 71.1 cm³/mol. The van der Waals surface area contributed by atoms with Crippen LogP contribution >= 0.6 is 11.6 Å². The molecule has 2 rings (SSSR count). The summed E-state index contributed by atoms with van der Waals surface area (Å²) in [6, 6.07) is 7.14. The molecule has 1 heterocycles. The Labute approximate surface area is 115 Å². The molecule has 1 atom stereocenters. The van der Waals surface area contributed by atoms with E-state index < -0.39 is 5.82 Å². The zero-order valence-corrected chi connectivity index (χ0v) is 11.1. The van der Waals surface area contributed by atoms with Crippen LogP contribution in [0.4, 0.5) is 8.78 Å². The molecule has 0 saturated carbocycles. The average molecular weight is 283 g/mol. The average Bonchev–Trinajstić information content (AvgIpc) is 2.41. The van der Waals surface area contributed by atoms with Gasteiger partial charge in [-0.2, -0.15) is 0 Å². The highest BCUT2D eigenvalue weighted by molar-refractivity contribution is 6.30. The Bertz CT molecular complexity index is 558. The molecule has 0 aliphatic carbocycles. The lowest BCUT2D eigenvalue weighted by atomic mass is 10.0. The molecule has 0 spiro atoms. The summed E-state index contributed by atoms with van der Waals surface area (Å²) < 4.78 is 26.5. The molecule has 0 saturated heterocycles. The van der Waals surface area contributed by atoms with Crippen molar-refractivity contribution in [3.63, 3.8) is 0 Å². The van der Waals surface area contributed by atoms with Crippen LogP contribution in [-0.2, 0) is 6.42 Å². The lowest BCUT2D eigenvalue weighted by molar-refractivity contribution is 0.540. The Morgan fingerprint density at radius 2 is 2.05 bits per heavy atom. The van der Waals surface area contributed by atoms with Gasteiger partial charge < -0.3 is 5.32 Å². The van der Waals surface area contributed by atoms with Crippen molar-refractivity contribution in [3.05, 3.63) is 64.4 Å². The van der Waals surface area contributed by atoms with Gasteiger partial charge in [0, 0.05) is 5.02 Å². The summed E-state index contributed by atoms with van der Waals surface area (Å²) in [6.45, 7) is 0. The Morgan fingerprint density at radius 1 is 1.26 bits per heavy atom. The van der Waals surface area contributed by atoms with Crippen molar-refractivity contribution >= 4 is 11.6 Å². The van der Waals surface area contributed by atoms with E-state index in [1.807, 2.05) is 0 Å². The highest BCUT2D eigenvalue weighted by Gasteiger charge is 2.14. The number of nitrogens with one attached hydrogen (secondary N) is 1. The van der Waals surface area contributed by atoms with Crippen molar-refractivity contribution in [2.24, 2.45) is 0 Å². The molecule has 2 nitrogen and oxygen atoms in total. The summed E-state index contributed by atoms with van der Waals surface area (Å²) >= 11 is 5.86. The van der Waals surface area contributed by atoms with Crippen LogP contribution < -0.4 is 5.32 Å². The molecule has 5 heteroatoms. The van der Waals surface area contributed by atoms with Crippen LogP contribution in [-0.4, -0.2) is 12.0 Å². The molecular formula is C14H13ClF2N2. The number of hydrogen-bond donors (Lipinski definition) is 1. The lowest BCUT2D eigenvalue weighted by Gasteiger charge is -2.16. The highest BCUT2D eigenvalue weighted by Crippen LogP contribution is 2.21. The number of benzene rings is 1. The van der Waals surface area contributed by atoms with Crippen molar-refractivity contribution in [1.82, 2.24) is 10.3 Å². The molecule has 1 N–H and O–H groups in total. The number of nitrogens with zero attached hydrogens (tertiary/aromatic N) is 1. The van der Waals surface area contributed by atoms with E-state index >= 15 is 0 Å². The van der Waals surface area contributed by atoms with Crippen LogP contribution in [0.25, 0.3) is 0 Å². The molecule has 0 radical (unpaired) electrons. The number of pyridine rings is 1. The highest BCUT2D eigenvalue weighted by atomic mass is 35.5. The summed E-state index contributed by atoms with van der Waals surface area (Å²) in [4.78, 5) is 4.00. The number of rotatable bonds is 4. The molecule has 0 amide bonds. The first kappa shape index (κ1) is 13.9. The standard InChI is InChI=1S/C14H13ClF2N2/c1-18-14(13-5-3-11(16)8-19-13)7-9-6-10(15)2-4-12(9)17/h2-6,8,14,18H,7H2,1H3. The molecule has 100 valence electrons. The second-order valence-electron chi connectivity index (χ2n) is 4.18. The van der Waals surface area contributed by atoms with Crippen LogP contribution in [0.1, 0.15) is 17.3 Å². The summed E-state index contributed by atoms with van der Waals surface area (Å²) in [6.07, 6.45) is 1.54. The van der Waals surface area contributed by atoms with Crippen LogP contribution in [0.3, 0.4) is 0 Å². The lowest BCUT2D eigenvalue weighted by Crippen LogP contribution is -2.20. The van der Waals surface area contributed by atoms with Gasteiger partial charge in [-0.3, -0.25) is 4.98 Å². The first-order valence-electron chi connectivity index (χ1n) is 5.83. The minimum atomic E-state index is -0.396. The number of aromatic nitrogens is 1. The maximum absolute atomic E-state index is 13.7. The maximum Gasteiger partial charge on any atom is 0.141 e. The summed E-state index contributed by atoms with van der Waals surface area (Å²) in [7, 11) is 1.75. The van der Waals surface area contributed by atoms with Gasteiger partial charge in [-0.1, -0.05) is 11.6 Å². The van der Waals surface area contributed by atoms with Crippen molar-refractivity contribution in [2.75, 3.05) is 7.05 Å². The fourth-order valence-electron chi connectivity index (χ4n) is 1.87. The Morgan fingerprint density at radius 3 is 2.68 bits per heavy atom.